The molecule has 8 amide bonds. The van der Waals surface area contributed by atoms with Crippen LogP contribution in [-0.4, -0.2) is 232 Å². The summed E-state index contributed by atoms with van der Waals surface area (Å²) in [5.74, 6) is -7.64. The van der Waals surface area contributed by atoms with Crippen LogP contribution in [0.2, 0.25) is 0 Å². The Labute approximate surface area is 416 Å². The van der Waals surface area contributed by atoms with Gasteiger partial charge in [-0.2, -0.15) is 0 Å². The Morgan fingerprint density at radius 3 is 1.53 bits per heavy atom. The van der Waals surface area contributed by atoms with Crippen LogP contribution >= 0.6 is 0 Å². The molecule has 0 saturated carbocycles. The minimum atomic E-state index is -1.62. The van der Waals surface area contributed by atoms with E-state index in [4.69, 9.17) is 47.7 Å². The molecule has 0 saturated heterocycles. The molecule has 1 heterocycles. The lowest BCUT2D eigenvalue weighted by Crippen LogP contribution is -2.56. The van der Waals surface area contributed by atoms with Crippen molar-refractivity contribution in [3.8, 4) is 0 Å². The molecule has 0 spiro atoms. The van der Waals surface area contributed by atoms with E-state index in [1.54, 1.807) is 37.4 Å². The van der Waals surface area contributed by atoms with Crippen molar-refractivity contribution in [1.82, 2.24) is 36.8 Å². The summed E-state index contributed by atoms with van der Waals surface area (Å²) in [5.41, 5.74) is 0.655. The van der Waals surface area contributed by atoms with Gasteiger partial charge in [-0.05, 0) is 5.56 Å². The largest absolute Gasteiger partial charge is 0.479 e. The van der Waals surface area contributed by atoms with Gasteiger partial charge in [0, 0.05) is 45.1 Å². The van der Waals surface area contributed by atoms with E-state index in [9.17, 15) is 48.3 Å². The molecule has 27 nitrogen and oxygen atoms in total. The fourth-order valence-electron chi connectivity index (χ4n) is 5.75. The Kier molecular flexibility index (Phi) is 34.1. The van der Waals surface area contributed by atoms with Crippen LogP contribution in [0.1, 0.15) is 18.4 Å². The predicted molar refractivity (Wildman–Crippen MR) is 248 cm³/mol. The smallest absolute Gasteiger partial charge is 0.332 e. The molecule has 0 aliphatic carbocycles. The summed E-state index contributed by atoms with van der Waals surface area (Å²) in [6.45, 7) is 2.80. The minimum Gasteiger partial charge on any atom is -0.479 e. The van der Waals surface area contributed by atoms with E-state index in [2.05, 4.69) is 31.9 Å². The van der Waals surface area contributed by atoms with Crippen LogP contribution in [0.25, 0.3) is 0 Å². The van der Waals surface area contributed by atoms with Crippen molar-refractivity contribution in [1.29, 1.82) is 0 Å². The number of carboxylic acids is 1. The van der Waals surface area contributed by atoms with E-state index < -0.39 is 97.6 Å². The third kappa shape index (κ3) is 30.0. The van der Waals surface area contributed by atoms with Gasteiger partial charge in [0.1, 0.15) is 18.8 Å². The number of aliphatic hydroxyl groups is 1. The van der Waals surface area contributed by atoms with Crippen molar-refractivity contribution in [3.63, 3.8) is 0 Å². The average molecular weight is 1030 g/mol. The van der Waals surface area contributed by atoms with Crippen molar-refractivity contribution >= 4 is 53.2 Å². The zero-order chi connectivity index (χ0) is 52.6. The first-order valence-corrected chi connectivity index (χ1v) is 23.1. The van der Waals surface area contributed by atoms with Gasteiger partial charge in [0.05, 0.1) is 125 Å². The van der Waals surface area contributed by atoms with Crippen LogP contribution in [-0.2, 0) is 92.2 Å². The lowest BCUT2D eigenvalue weighted by molar-refractivity contribution is -0.147. The van der Waals surface area contributed by atoms with Gasteiger partial charge in [-0.3, -0.25) is 43.3 Å². The first-order chi connectivity index (χ1) is 34.8. The molecule has 2 rings (SSSR count). The maximum atomic E-state index is 13.2. The van der Waals surface area contributed by atoms with Crippen molar-refractivity contribution in [3.05, 3.63) is 48.0 Å². The van der Waals surface area contributed by atoms with Crippen LogP contribution in [0.3, 0.4) is 0 Å². The SMILES string of the molecule is COCCOCCOCCOCCOCCOCCOCCOCCC(=O)NC[C@@H](C(=O)NCC(=O)NCC(=O)N[C@@H](Cc1ccccc1)C(=O)NCC(=O)NCOCC[C@@H](O)C(=O)O)N1C(=O)C=CC1=O. The Balaban J connectivity index is 1.65. The van der Waals surface area contributed by atoms with Crippen molar-refractivity contribution in [2.45, 2.75) is 37.5 Å². The highest BCUT2D eigenvalue weighted by molar-refractivity contribution is 6.15. The van der Waals surface area contributed by atoms with Gasteiger partial charge < -0.3 is 84.7 Å². The monoisotopic (exact) mass is 1030 g/mol. The van der Waals surface area contributed by atoms with Crippen molar-refractivity contribution < 1.29 is 96.0 Å². The van der Waals surface area contributed by atoms with E-state index in [-0.39, 0.29) is 52.4 Å². The van der Waals surface area contributed by atoms with Gasteiger partial charge in [0.15, 0.2) is 6.10 Å². The zero-order valence-corrected chi connectivity index (χ0v) is 40.4. The number of methoxy groups -OCH3 is 1. The number of hydrogen-bond donors (Lipinski definition) is 8. The third-order valence-corrected chi connectivity index (χ3v) is 9.51. The summed E-state index contributed by atoms with van der Waals surface area (Å²) in [5, 5.41) is 32.3. The first-order valence-electron chi connectivity index (χ1n) is 23.1. The summed E-state index contributed by atoms with van der Waals surface area (Å²) in [4.78, 5) is 113. The molecule has 8 N–H and O–H groups in total. The maximum Gasteiger partial charge on any atom is 0.332 e. The van der Waals surface area contributed by atoms with Crippen LogP contribution in [0.5, 0.6) is 0 Å². The second kappa shape index (κ2) is 39.6. The van der Waals surface area contributed by atoms with Crippen LogP contribution in [0.15, 0.2) is 42.5 Å². The standard InChI is InChI=1S/C45H69N7O20/c1-64-13-14-66-17-18-68-21-22-70-25-26-71-24-23-69-20-19-67-16-15-65-12-10-37(54)46-28-35(52-41(58)7-8-42(52)59)44(61)49-29-38(55)47-31-40(57)51-34(27-33-5-3-2-4-6-33)43(60)48-30-39(56)50-32-72-11-9-36(53)45(62)63/h2-8,34-36,53H,9-32H2,1H3,(H,46,54)(H,47,55)(H,48,60)(H,49,61)(H,50,56)(H,51,57)(H,62,63)/t34-,35-,36+/m0/s1. The maximum absolute atomic E-state index is 13.2. The highest BCUT2D eigenvalue weighted by Gasteiger charge is 2.36. The highest BCUT2D eigenvalue weighted by Crippen LogP contribution is 2.10. The van der Waals surface area contributed by atoms with Gasteiger partial charge in [-0.1, -0.05) is 30.3 Å². The number of carbonyl (C=O) groups is 9. The molecule has 1 aromatic rings. The van der Waals surface area contributed by atoms with Gasteiger partial charge in [0.2, 0.25) is 35.4 Å². The third-order valence-electron chi connectivity index (χ3n) is 9.51. The molecule has 27 heteroatoms. The highest BCUT2D eigenvalue weighted by atomic mass is 16.6. The lowest BCUT2D eigenvalue weighted by Gasteiger charge is -2.25. The van der Waals surface area contributed by atoms with Crippen molar-refractivity contribution in [2.75, 3.05) is 146 Å². The molecule has 0 fully saturated rings. The Morgan fingerprint density at radius 1 is 0.542 bits per heavy atom. The number of aliphatic hydroxyl groups excluding tert-OH is 1. The number of nitrogens with zero attached hydrogens (tertiary/aromatic N) is 1. The second-order valence-corrected chi connectivity index (χ2v) is 15.0. The lowest BCUT2D eigenvalue weighted by atomic mass is 10.1. The fourth-order valence-corrected chi connectivity index (χ4v) is 5.75. The predicted octanol–water partition coefficient (Wildman–Crippen LogP) is -4.45. The van der Waals surface area contributed by atoms with Gasteiger partial charge >= 0.3 is 5.97 Å². The molecule has 1 aliphatic rings. The molecule has 0 radical (unpaired) electrons. The number of carbonyl (C=O) groups excluding carboxylic acids is 8. The van der Waals surface area contributed by atoms with Crippen molar-refractivity contribution in [2.24, 2.45) is 0 Å². The summed E-state index contributed by atoms with van der Waals surface area (Å²) in [7, 11) is 1.61. The second-order valence-electron chi connectivity index (χ2n) is 15.0. The van der Waals surface area contributed by atoms with E-state index in [1.165, 1.54) is 0 Å². The molecule has 72 heavy (non-hydrogen) atoms. The summed E-state index contributed by atoms with van der Waals surface area (Å²) >= 11 is 0. The number of amides is 8. The molecule has 1 aliphatic heterocycles. The van der Waals surface area contributed by atoms with E-state index in [1.807, 2.05) is 0 Å². The Morgan fingerprint density at radius 2 is 1.01 bits per heavy atom. The number of benzene rings is 1. The topological polar surface area (TPSA) is 353 Å². The summed E-state index contributed by atoms with van der Waals surface area (Å²) < 4.78 is 47.8. The molecule has 0 aromatic heterocycles. The minimum absolute atomic E-state index is 0.00122. The van der Waals surface area contributed by atoms with Crippen LogP contribution < -0.4 is 31.9 Å². The van der Waals surface area contributed by atoms with E-state index >= 15 is 0 Å². The number of ether oxygens (including phenoxy) is 9. The summed E-state index contributed by atoms with van der Waals surface area (Å²) in [6, 6.07) is 5.84. The molecular weight excluding hydrogens is 959 g/mol. The van der Waals surface area contributed by atoms with E-state index in [0.717, 1.165) is 12.2 Å². The Bertz CT molecular complexity index is 1810. The first kappa shape index (κ1) is 62.1. The number of imide groups is 1. The zero-order valence-electron chi connectivity index (χ0n) is 40.4. The fraction of sp³-hybridized carbons (Fsp3) is 0.622. The van der Waals surface area contributed by atoms with E-state index in [0.29, 0.717) is 89.7 Å². The molecule has 0 bridgehead atoms. The van der Waals surface area contributed by atoms with Crippen LogP contribution in [0.4, 0.5) is 0 Å². The average Bonchev–Trinajstić information content (AvgIpc) is 3.70. The Hall–Kier alpha value is -6.01. The normalized spacial score (nSPS) is 13.3. The van der Waals surface area contributed by atoms with Gasteiger partial charge in [0.25, 0.3) is 11.8 Å². The number of nitrogens with one attached hydrogen (secondary N) is 6. The van der Waals surface area contributed by atoms with Gasteiger partial charge in [-0.15, -0.1) is 0 Å². The number of carboxylic acid groups (broad SMARTS) is 1. The quantitative estimate of drug-likeness (QED) is 0.0174. The molecule has 3 atom stereocenters. The number of aliphatic carboxylic acids is 1. The molecule has 1 aromatic carbocycles. The number of rotatable bonds is 44. The van der Waals surface area contributed by atoms with Gasteiger partial charge in [-0.25, -0.2) is 4.79 Å². The number of hydrogen-bond acceptors (Lipinski definition) is 19. The molecule has 404 valence electrons. The molecule has 0 unspecified atom stereocenters. The summed E-state index contributed by atoms with van der Waals surface area (Å²) in [6.07, 6.45) is -0.0559. The molecular formula is C45H69N7O20. The van der Waals surface area contributed by atoms with Crippen LogP contribution in [0, 0.1) is 0 Å².